The average Bonchev–Trinajstić information content (AvgIpc) is 2.30. The molecule has 17 heavy (non-hydrogen) atoms. The van der Waals surface area contributed by atoms with Crippen molar-refractivity contribution in [2.45, 2.75) is 18.2 Å². The summed E-state index contributed by atoms with van der Waals surface area (Å²) in [5, 5.41) is 7.96. The molecule has 1 aromatic carbocycles. The van der Waals surface area contributed by atoms with Gasteiger partial charge in [-0.05, 0) is 6.07 Å². The van der Waals surface area contributed by atoms with Crippen molar-refractivity contribution >= 4 is 9.84 Å². The normalized spacial score (nSPS) is 15.5. The highest BCUT2D eigenvalue weighted by Gasteiger charge is 2.31. The van der Waals surface area contributed by atoms with Crippen molar-refractivity contribution in [3.8, 4) is 0 Å². The van der Waals surface area contributed by atoms with Crippen molar-refractivity contribution in [2.75, 3.05) is 12.4 Å². The zero-order valence-corrected chi connectivity index (χ0v) is 10.3. The lowest BCUT2D eigenvalue weighted by molar-refractivity contribution is 0.276. The summed E-state index contributed by atoms with van der Waals surface area (Å²) in [6.45, 7) is 0.845. The molecule has 0 aliphatic rings. The fourth-order valence-corrected chi connectivity index (χ4v) is 2.86. The number of nitrogens with two attached hydrogens (primary N) is 1. The Morgan fingerprint density at radius 2 is 2.00 bits per heavy atom. The van der Waals surface area contributed by atoms with Crippen molar-refractivity contribution in [1.29, 1.82) is 0 Å². The average molecular weight is 261 g/mol. The quantitative estimate of drug-likeness (QED) is 0.814. The zero-order valence-electron chi connectivity index (χ0n) is 9.51. The first kappa shape index (κ1) is 14.1. The van der Waals surface area contributed by atoms with Gasteiger partial charge < -0.3 is 10.8 Å². The maximum atomic E-state index is 13.5. The van der Waals surface area contributed by atoms with Gasteiger partial charge in [-0.1, -0.05) is 25.1 Å². The molecule has 3 N–H and O–H groups in total. The number of aliphatic hydroxyl groups excluding tert-OH is 1. The predicted molar refractivity (Wildman–Crippen MR) is 63.7 cm³/mol. The van der Waals surface area contributed by atoms with Gasteiger partial charge in [-0.2, -0.15) is 0 Å². The number of rotatable bonds is 5. The van der Waals surface area contributed by atoms with Crippen LogP contribution in [0, 0.1) is 5.82 Å². The molecule has 1 aromatic rings. The van der Waals surface area contributed by atoms with Crippen LogP contribution in [0.3, 0.4) is 0 Å². The smallest absolute Gasteiger partial charge is 0.157 e. The minimum Gasteiger partial charge on any atom is -0.395 e. The van der Waals surface area contributed by atoms with E-state index in [2.05, 4.69) is 0 Å². The molecule has 0 heterocycles. The largest absolute Gasteiger partial charge is 0.395 e. The molecule has 0 aliphatic carbocycles. The molecular formula is C11H16FNO3S. The first-order valence-electron chi connectivity index (χ1n) is 5.26. The van der Waals surface area contributed by atoms with Gasteiger partial charge in [0.15, 0.2) is 9.84 Å². The van der Waals surface area contributed by atoms with Gasteiger partial charge in [-0.15, -0.1) is 0 Å². The predicted octanol–water partition coefficient (Wildman–Crippen LogP) is 0.621. The highest BCUT2D eigenvalue weighted by atomic mass is 32.2. The Morgan fingerprint density at radius 3 is 2.47 bits per heavy atom. The summed E-state index contributed by atoms with van der Waals surface area (Å²) in [4.78, 5) is 0. The summed E-state index contributed by atoms with van der Waals surface area (Å²) in [7, 11) is -3.52. The lowest BCUT2D eigenvalue weighted by Crippen LogP contribution is -2.38. The summed E-state index contributed by atoms with van der Waals surface area (Å²) < 4.78 is 36.9. The number of halogens is 1. The van der Waals surface area contributed by atoms with Gasteiger partial charge in [0.05, 0.1) is 12.6 Å². The molecule has 2 unspecified atom stereocenters. The Balaban J connectivity index is 3.11. The molecule has 0 fully saturated rings. The van der Waals surface area contributed by atoms with Gasteiger partial charge in [-0.25, -0.2) is 12.8 Å². The molecule has 0 radical (unpaired) electrons. The number of hydrogen-bond acceptors (Lipinski definition) is 4. The minimum atomic E-state index is -3.52. The topological polar surface area (TPSA) is 80.4 Å². The van der Waals surface area contributed by atoms with Crippen LogP contribution < -0.4 is 5.73 Å². The second-order valence-corrected chi connectivity index (χ2v) is 6.23. The highest BCUT2D eigenvalue weighted by Crippen LogP contribution is 2.22. The molecule has 1 rings (SSSR count). The number of aliphatic hydroxyl groups is 1. The van der Waals surface area contributed by atoms with E-state index in [1.54, 1.807) is 6.07 Å². The van der Waals surface area contributed by atoms with E-state index < -0.39 is 33.6 Å². The van der Waals surface area contributed by atoms with Crippen LogP contribution in [0.4, 0.5) is 4.39 Å². The Bertz CT molecular complexity index is 475. The molecule has 4 nitrogen and oxygen atoms in total. The zero-order chi connectivity index (χ0) is 13.1. The number of sulfone groups is 1. The first-order chi connectivity index (χ1) is 7.94. The van der Waals surface area contributed by atoms with Gasteiger partial charge in [0.2, 0.25) is 0 Å². The summed E-state index contributed by atoms with van der Waals surface area (Å²) in [6, 6.07) is 4.64. The Labute approximate surface area is 100 Å². The summed E-state index contributed by atoms with van der Waals surface area (Å²) in [5.41, 5.74) is 5.83. The van der Waals surface area contributed by atoms with Gasteiger partial charge >= 0.3 is 0 Å². The first-order valence-corrected chi connectivity index (χ1v) is 6.98. The molecule has 6 heteroatoms. The minimum absolute atomic E-state index is 0.101. The third-order valence-corrected chi connectivity index (χ3v) is 4.88. The fourth-order valence-electron chi connectivity index (χ4n) is 1.61. The van der Waals surface area contributed by atoms with E-state index in [4.69, 9.17) is 10.8 Å². The number of benzene rings is 1. The maximum absolute atomic E-state index is 13.5. The molecule has 0 saturated heterocycles. The third kappa shape index (κ3) is 3.02. The lowest BCUT2D eigenvalue weighted by atomic mass is 10.0. The summed E-state index contributed by atoms with van der Waals surface area (Å²) in [5.74, 6) is -0.704. The molecule has 0 aliphatic heterocycles. The summed E-state index contributed by atoms with van der Waals surface area (Å²) in [6.07, 6.45) is 0. The van der Waals surface area contributed by atoms with E-state index in [1.807, 2.05) is 0 Å². The second-order valence-electron chi connectivity index (χ2n) is 3.72. The molecule has 2 atom stereocenters. The van der Waals surface area contributed by atoms with Crippen LogP contribution in [-0.2, 0) is 9.84 Å². The van der Waals surface area contributed by atoms with Gasteiger partial charge in [0.1, 0.15) is 11.1 Å². The van der Waals surface area contributed by atoms with Crippen LogP contribution in [0.25, 0.3) is 0 Å². The fraction of sp³-hybridized carbons (Fsp3) is 0.455. The van der Waals surface area contributed by atoms with Crippen LogP contribution in [0.2, 0.25) is 0 Å². The standard InChI is InChI=1S/C11H16FNO3S/c1-2-17(15,16)10(7-14)11(13)8-5-3-4-6-9(8)12/h3-6,10-11,14H,2,7,13H2,1H3. The monoisotopic (exact) mass is 261 g/mol. The van der Waals surface area contributed by atoms with Crippen molar-refractivity contribution in [2.24, 2.45) is 5.73 Å². The second kappa shape index (κ2) is 5.57. The van der Waals surface area contributed by atoms with Gasteiger partial charge in [-0.3, -0.25) is 0 Å². The highest BCUT2D eigenvalue weighted by molar-refractivity contribution is 7.92. The molecule has 0 bridgehead atoms. The summed E-state index contributed by atoms with van der Waals surface area (Å²) >= 11 is 0. The molecular weight excluding hydrogens is 245 g/mol. The molecule has 0 saturated carbocycles. The van der Waals surface area contributed by atoms with E-state index in [1.165, 1.54) is 25.1 Å². The van der Waals surface area contributed by atoms with Crippen LogP contribution in [0.1, 0.15) is 18.5 Å². The lowest BCUT2D eigenvalue weighted by Gasteiger charge is -2.22. The Hall–Kier alpha value is -0.980. The molecule has 0 amide bonds. The van der Waals surface area contributed by atoms with Crippen LogP contribution in [0.5, 0.6) is 0 Å². The SMILES string of the molecule is CCS(=O)(=O)C(CO)C(N)c1ccccc1F. The van der Waals surface area contributed by atoms with Crippen LogP contribution in [0.15, 0.2) is 24.3 Å². The Morgan fingerprint density at radius 1 is 1.41 bits per heavy atom. The molecule has 0 aromatic heterocycles. The van der Waals surface area contributed by atoms with Crippen molar-refractivity contribution < 1.29 is 17.9 Å². The number of hydrogen-bond donors (Lipinski definition) is 2. The molecule has 96 valence electrons. The molecule has 0 spiro atoms. The van der Waals surface area contributed by atoms with Crippen molar-refractivity contribution in [3.05, 3.63) is 35.6 Å². The van der Waals surface area contributed by atoms with Crippen LogP contribution in [-0.4, -0.2) is 31.1 Å². The maximum Gasteiger partial charge on any atom is 0.157 e. The van der Waals surface area contributed by atoms with Crippen LogP contribution >= 0.6 is 0 Å². The van der Waals surface area contributed by atoms with Crippen molar-refractivity contribution in [1.82, 2.24) is 0 Å². The van der Waals surface area contributed by atoms with E-state index in [0.29, 0.717) is 0 Å². The van der Waals surface area contributed by atoms with E-state index in [9.17, 15) is 12.8 Å². The van der Waals surface area contributed by atoms with Gasteiger partial charge in [0.25, 0.3) is 0 Å². The van der Waals surface area contributed by atoms with E-state index >= 15 is 0 Å². The van der Waals surface area contributed by atoms with Crippen molar-refractivity contribution in [3.63, 3.8) is 0 Å². The van der Waals surface area contributed by atoms with E-state index in [-0.39, 0.29) is 11.3 Å². The Kier molecular flexibility index (Phi) is 4.62. The third-order valence-electron chi connectivity index (χ3n) is 2.71. The van der Waals surface area contributed by atoms with E-state index in [0.717, 1.165) is 0 Å². The van der Waals surface area contributed by atoms with Gasteiger partial charge in [0, 0.05) is 11.3 Å².